The quantitative estimate of drug-likeness (QED) is 0.166. The number of nitriles is 8. The molecule has 0 saturated carbocycles. The normalized spacial score (nSPS) is 8.37. The highest BCUT2D eigenvalue weighted by Gasteiger charge is 2.04. The van der Waals surface area contributed by atoms with Crippen LogP contribution in [0.25, 0.3) is 44.5 Å². The predicted octanol–water partition coefficient (Wildman–Crippen LogP) is 37.8. The predicted molar refractivity (Wildman–Crippen MR) is 604 cm³/mol. The standard InChI is InChI=1S/4C13H12.4C9H6N2.4C7H8.8C2H6/c4*1-11-6-5-9-13(10-11)12-7-3-2-4-8-12;1-7-2-8(5-10)4-9(3-7)6-11;1-7-4-8(5-10)2-3-9(7)6-11;1-7-2-3-8(5-10)4-9(7)6-11;1-7-8(5-10)3-2-4-9(7)6-11;4*1-7-5-3-2-4-6-7;8*1-2/h4*2-10H,1H3;4*2-4H,1H3;4*2-6H,1H3;8*1-2H3. The Balaban J connectivity index is -0.000000714. The Kier molecular flexibility index (Phi) is 81.3. The number of benzene rings is 16. The van der Waals surface area contributed by atoms with Gasteiger partial charge in [0.25, 0.3) is 0 Å². The molecule has 0 saturated heterocycles. The molecule has 720 valence electrons. The van der Waals surface area contributed by atoms with Gasteiger partial charge < -0.3 is 0 Å². The maximum atomic E-state index is 8.58. The largest absolute Gasteiger partial charge is 0.192 e. The van der Waals surface area contributed by atoms with Crippen LogP contribution in [-0.4, -0.2) is 0 Å². The highest BCUT2D eigenvalue weighted by Crippen LogP contribution is 2.24. The van der Waals surface area contributed by atoms with Crippen LogP contribution in [0.4, 0.5) is 0 Å². The first-order valence-electron chi connectivity index (χ1n) is 48.3. The zero-order valence-corrected chi connectivity index (χ0v) is 88.8. The highest BCUT2D eigenvalue weighted by atomic mass is 14.3. The summed E-state index contributed by atoms with van der Waals surface area (Å²) in [6.07, 6.45) is 0. The zero-order chi connectivity index (χ0) is 106. The molecule has 140 heavy (non-hydrogen) atoms. The monoisotopic (exact) mass is 1850 g/mol. The van der Waals surface area contributed by atoms with E-state index in [0.717, 1.165) is 22.3 Å². The van der Waals surface area contributed by atoms with Crippen LogP contribution in [0.3, 0.4) is 0 Å². The van der Waals surface area contributed by atoms with E-state index in [2.05, 4.69) is 298 Å². The number of aryl methyl sites for hydroxylation is 11. The molecule has 0 unspecified atom stereocenters. The van der Waals surface area contributed by atoms with Crippen molar-refractivity contribution in [1.29, 1.82) is 42.1 Å². The van der Waals surface area contributed by atoms with Gasteiger partial charge in [-0.2, -0.15) is 42.1 Å². The van der Waals surface area contributed by atoms with E-state index in [1.165, 1.54) is 89.0 Å². The van der Waals surface area contributed by atoms with Crippen LogP contribution < -0.4 is 0 Å². The molecule has 0 fully saturated rings. The van der Waals surface area contributed by atoms with Gasteiger partial charge in [-0.1, -0.05) is 507 Å². The van der Waals surface area contributed by atoms with Crippen LogP contribution in [-0.2, 0) is 0 Å². The van der Waals surface area contributed by atoms with Crippen molar-refractivity contribution in [2.75, 3.05) is 0 Å². The van der Waals surface area contributed by atoms with E-state index in [4.69, 9.17) is 42.1 Å². The second-order valence-electron chi connectivity index (χ2n) is 28.6. The number of hydrogen-bond donors (Lipinski definition) is 0. The lowest BCUT2D eigenvalue weighted by molar-refractivity contribution is 1.35. The van der Waals surface area contributed by atoms with Crippen LogP contribution in [0.15, 0.2) is 413 Å². The Morgan fingerprint density at radius 2 is 0.336 bits per heavy atom. The van der Waals surface area contributed by atoms with Crippen molar-refractivity contribution in [3.8, 4) is 93.1 Å². The third-order valence-corrected chi connectivity index (χ3v) is 18.1. The summed E-state index contributed by atoms with van der Waals surface area (Å²) in [4.78, 5) is 0. The minimum absolute atomic E-state index is 0.534. The van der Waals surface area contributed by atoms with Gasteiger partial charge >= 0.3 is 0 Å². The summed E-state index contributed by atoms with van der Waals surface area (Å²) in [5.41, 5.74) is 28.9. The summed E-state index contributed by atoms with van der Waals surface area (Å²) in [6, 6.07) is 153. The van der Waals surface area contributed by atoms with Crippen molar-refractivity contribution in [1.82, 2.24) is 0 Å². The van der Waals surface area contributed by atoms with Crippen molar-refractivity contribution >= 4 is 0 Å². The number of nitrogens with zero attached hydrogens (tertiary/aromatic N) is 8. The van der Waals surface area contributed by atoms with Gasteiger partial charge in [0.1, 0.15) is 0 Å². The van der Waals surface area contributed by atoms with Gasteiger partial charge in [0.15, 0.2) is 0 Å². The molecule has 0 aliphatic heterocycles. The second-order valence-corrected chi connectivity index (χ2v) is 28.6. The fourth-order valence-electron chi connectivity index (χ4n) is 11.4. The molecule has 8 heteroatoms. The third-order valence-electron chi connectivity index (χ3n) is 18.1. The Hall–Kier alpha value is -16.6. The molecule has 0 amide bonds. The highest BCUT2D eigenvalue weighted by molar-refractivity contribution is 5.67. The van der Waals surface area contributed by atoms with Crippen molar-refractivity contribution < 1.29 is 0 Å². The molecule has 0 heterocycles. The molecule has 8 nitrogen and oxygen atoms in total. The van der Waals surface area contributed by atoms with Crippen LogP contribution in [0.5, 0.6) is 0 Å². The van der Waals surface area contributed by atoms with Crippen molar-refractivity contribution in [2.45, 2.75) is 194 Å². The maximum absolute atomic E-state index is 8.58. The zero-order valence-electron chi connectivity index (χ0n) is 88.8. The van der Waals surface area contributed by atoms with Gasteiger partial charge in [-0.3, -0.25) is 0 Å². The van der Waals surface area contributed by atoms with E-state index in [0.29, 0.717) is 44.5 Å². The molecule has 0 spiro atoms. The average Bonchev–Trinajstić information content (AvgIpc) is 0.860. The van der Waals surface area contributed by atoms with Crippen LogP contribution in [0, 0.1) is 174 Å². The van der Waals surface area contributed by atoms with Crippen LogP contribution in [0.1, 0.15) is 222 Å². The first kappa shape index (κ1) is 130. The van der Waals surface area contributed by atoms with Gasteiger partial charge in [0, 0.05) is 0 Å². The molecule has 0 radical (unpaired) electrons. The van der Waals surface area contributed by atoms with Crippen molar-refractivity contribution in [3.63, 3.8) is 0 Å². The molecule has 0 aliphatic carbocycles. The Morgan fingerprint density at radius 1 is 0.129 bits per heavy atom. The Bertz CT molecular complexity index is 5640. The Labute approximate surface area is 847 Å². The molecule has 0 N–H and O–H groups in total. The summed E-state index contributed by atoms with van der Waals surface area (Å²) < 4.78 is 0. The number of rotatable bonds is 4. The van der Waals surface area contributed by atoms with Crippen LogP contribution >= 0.6 is 0 Å². The van der Waals surface area contributed by atoms with Gasteiger partial charge in [-0.05, 0) is 211 Å². The molecule has 0 atom stereocenters. The molecule has 16 aromatic carbocycles. The van der Waals surface area contributed by atoms with E-state index in [-0.39, 0.29) is 0 Å². The molecule has 0 aromatic heterocycles. The van der Waals surface area contributed by atoms with Crippen molar-refractivity contribution in [3.05, 3.63) is 524 Å². The lowest BCUT2D eigenvalue weighted by Gasteiger charge is -2.01. The first-order valence-corrected chi connectivity index (χ1v) is 48.3. The fourth-order valence-corrected chi connectivity index (χ4v) is 11.4. The van der Waals surface area contributed by atoms with E-state index in [1.54, 1.807) is 79.7 Å². The molecule has 0 aliphatic rings. The fraction of sp³-hybridized carbons (Fsp3) is 0.212. The molecular weight excluding hydrogens is 1700 g/mol. The summed E-state index contributed by atoms with van der Waals surface area (Å²) in [7, 11) is 0. The topological polar surface area (TPSA) is 190 Å². The van der Waals surface area contributed by atoms with E-state index in [9.17, 15) is 0 Å². The minimum atomic E-state index is 0.534. The Morgan fingerprint density at radius 3 is 0.543 bits per heavy atom. The SMILES string of the molecule is CC.CC.CC.CC.CC.CC.CC.CC.Cc1c(C#N)cccc1C#N.Cc1cc(C#N)cc(C#N)c1.Cc1cc(C#N)ccc1C#N.Cc1ccc(C#N)cc1C#N.Cc1cccc(-c2ccccc2)c1.Cc1cccc(-c2ccccc2)c1.Cc1cccc(-c2ccccc2)c1.Cc1cccc(-c2ccccc2)c1.Cc1ccccc1.Cc1ccccc1.Cc1ccccc1.Cc1ccccc1. The summed E-state index contributed by atoms with van der Waals surface area (Å²) in [5.74, 6) is 0. The van der Waals surface area contributed by atoms with Crippen molar-refractivity contribution in [2.24, 2.45) is 0 Å². The third kappa shape index (κ3) is 59.9. The van der Waals surface area contributed by atoms with Gasteiger partial charge in [-0.25, -0.2) is 0 Å². The molecule has 16 rings (SSSR count). The lowest BCUT2D eigenvalue weighted by Crippen LogP contribution is -1.85. The summed E-state index contributed by atoms with van der Waals surface area (Å²) in [6.45, 7) is 56.1. The van der Waals surface area contributed by atoms with Crippen LogP contribution in [0.2, 0.25) is 0 Å². The summed E-state index contributed by atoms with van der Waals surface area (Å²) >= 11 is 0. The smallest absolute Gasteiger partial charge is 0.0994 e. The molecule has 16 aromatic rings. The molecule has 0 bridgehead atoms. The van der Waals surface area contributed by atoms with E-state index >= 15 is 0 Å². The minimum Gasteiger partial charge on any atom is -0.192 e. The van der Waals surface area contributed by atoms with E-state index < -0.39 is 0 Å². The number of hydrogen-bond acceptors (Lipinski definition) is 8. The van der Waals surface area contributed by atoms with E-state index in [1.807, 2.05) is 277 Å². The lowest BCUT2D eigenvalue weighted by atomic mass is 10.0. The first-order chi connectivity index (χ1) is 68.1. The second kappa shape index (κ2) is 87.8. The molecular formula is C132H152N8. The maximum Gasteiger partial charge on any atom is 0.0994 e. The van der Waals surface area contributed by atoms with Gasteiger partial charge in [0.2, 0.25) is 0 Å². The summed E-state index contributed by atoms with van der Waals surface area (Å²) in [5, 5.41) is 68.3. The van der Waals surface area contributed by atoms with Gasteiger partial charge in [0.05, 0.1) is 93.1 Å². The van der Waals surface area contributed by atoms with Gasteiger partial charge in [-0.15, -0.1) is 0 Å². The average molecular weight is 1850 g/mol.